The molecular weight excluding hydrogens is 341 g/mol. The molecule has 1 N–H and O–H groups in total. The largest absolute Gasteiger partial charge is 0.325 e. The van der Waals surface area contributed by atoms with E-state index in [0.717, 1.165) is 32.7 Å². The lowest BCUT2D eigenvalue weighted by Gasteiger charge is -2.60. The minimum atomic E-state index is -0.449. The minimum absolute atomic E-state index is 0.125. The summed E-state index contributed by atoms with van der Waals surface area (Å²) in [6.45, 7) is 12.5. The van der Waals surface area contributed by atoms with Crippen molar-refractivity contribution in [2.75, 3.05) is 44.6 Å². The molecule has 25 heavy (non-hydrogen) atoms. The van der Waals surface area contributed by atoms with Crippen molar-refractivity contribution >= 4 is 23.2 Å². The van der Waals surface area contributed by atoms with Gasteiger partial charge in [-0.3, -0.25) is 9.69 Å². The molecule has 0 aromatic heterocycles. The van der Waals surface area contributed by atoms with Gasteiger partial charge in [0.2, 0.25) is 5.91 Å². The fourth-order valence-electron chi connectivity index (χ4n) is 3.80. The SMILES string of the molecule is CC(C)(C)CCN1CC2(C1)CN(CC(=O)Nc1cc(F)cc(Cl)c1)C2. The first kappa shape index (κ1) is 18.6. The Balaban J connectivity index is 1.37. The topological polar surface area (TPSA) is 35.6 Å². The summed E-state index contributed by atoms with van der Waals surface area (Å²) in [7, 11) is 0. The molecule has 2 saturated heterocycles. The summed E-state index contributed by atoms with van der Waals surface area (Å²) in [6, 6.07) is 4.05. The van der Waals surface area contributed by atoms with E-state index in [0.29, 0.717) is 23.1 Å². The number of benzene rings is 1. The second kappa shape index (κ2) is 6.86. The summed E-state index contributed by atoms with van der Waals surface area (Å²) in [5.74, 6) is -0.573. The molecule has 0 aliphatic carbocycles. The van der Waals surface area contributed by atoms with Gasteiger partial charge in [0.25, 0.3) is 0 Å². The van der Waals surface area contributed by atoms with Crippen LogP contribution in [0.2, 0.25) is 5.02 Å². The zero-order valence-corrected chi connectivity index (χ0v) is 16.0. The zero-order chi connectivity index (χ0) is 18.2. The molecule has 1 aromatic carbocycles. The summed E-state index contributed by atoms with van der Waals surface area (Å²) in [6.07, 6.45) is 1.21. The van der Waals surface area contributed by atoms with Crippen LogP contribution in [0.15, 0.2) is 18.2 Å². The molecule has 1 spiro atoms. The van der Waals surface area contributed by atoms with E-state index in [4.69, 9.17) is 11.6 Å². The molecule has 2 aliphatic heterocycles. The van der Waals surface area contributed by atoms with E-state index < -0.39 is 5.82 Å². The van der Waals surface area contributed by atoms with E-state index in [1.54, 1.807) is 6.07 Å². The molecule has 2 heterocycles. The minimum Gasteiger partial charge on any atom is -0.325 e. The Morgan fingerprint density at radius 2 is 1.84 bits per heavy atom. The van der Waals surface area contributed by atoms with Crippen molar-refractivity contribution in [2.24, 2.45) is 10.8 Å². The van der Waals surface area contributed by atoms with Crippen LogP contribution in [0.3, 0.4) is 0 Å². The molecule has 2 aliphatic rings. The normalized spacial score (nSPS) is 20.2. The molecule has 0 atom stereocenters. The Morgan fingerprint density at radius 1 is 1.20 bits per heavy atom. The molecule has 6 heteroatoms. The number of carbonyl (C=O) groups excluding carboxylic acids is 1. The van der Waals surface area contributed by atoms with Gasteiger partial charge in [-0.15, -0.1) is 0 Å². The summed E-state index contributed by atoms with van der Waals surface area (Å²) in [5, 5.41) is 3.00. The maximum atomic E-state index is 13.3. The number of nitrogens with zero attached hydrogens (tertiary/aromatic N) is 2. The Kier molecular flexibility index (Phi) is 5.11. The number of amides is 1. The van der Waals surface area contributed by atoms with Gasteiger partial charge >= 0.3 is 0 Å². The van der Waals surface area contributed by atoms with Gasteiger partial charge in [-0.1, -0.05) is 32.4 Å². The molecular formula is C19H27ClFN3O. The second-order valence-corrected chi connectivity index (χ2v) is 9.31. The lowest BCUT2D eigenvalue weighted by Crippen LogP contribution is -2.72. The van der Waals surface area contributed by atoms with Crippen molar-refractivity contribution in [3.05, 3.63) is 29.0 Å². The number of hydrogen-bond acceptors (Lipinski definition) is 3. The van der Waals surface area contributed by atoms with E-state index in [2.05, 4.69) is 35.9 Å². The highest BCUT2D eigenvalue weighted by atomic mass is 35.5. The number of likely N-dealkylation sites (tertiary alicyclic amines) is 2. The van der Waals surface area contributed by atoms with Crippen LogP contribution in [-0.2, 0) is 4.79 Å². The molecule has 1 aromatic rings. The standard InChI is InChI=1S/C19H27ClFN3O/c1-18(2,3)4-5-23-10-19(11-23)12-24(13-19)9-17(25)22-16-7-14(20)6-15(21)8-16/h6-8H,4-5,9-13H2,1-3H3,(H,22,25). The molecule has 0 bridgehead atoms. The molecule has 0 unspecified atom stereocenters. The Hall–Kier alpha value is -1.17. The average molecular weight is 368 g/mol. The first-order valence-corrected chi connectivity index (χ1v) is 9.21. The van der Waals surface area contributed by atoms with Gasteiger partial charge in [0.1, 0.15) is 5.82 Å². The van der Waals surface area contributed by atoms with Gasteiger partial charge in [0.05, 0.1) is 6.54 Å². The first-order valence-electron chi connectivity index (χ1n) is 8.83. The highest BCUT2D eigenvalue weighted by Gasteiger charge is 2.51. The maximum absolute atomic E-state index is 13.3. The molecule has 1 amide bonds. The summed E-state index contributed by atoms with van der Waals surface area (Å²) in [4.78, 5) is 16.8. The third-order valence-corrected chi connectivity index (χ3v) is 5.15. The molecule has 0 radical (unpaired) electrons. The van der Waals surface area contributed by atoms with Gasteiger partial charge in [-0.2, -0.15) is 0 Å². The van der Waals surface area contributed by atoms with Gasteiger partial charge in [0.15, 0.2) is 0 Å². The van der Waals surface area contributed by atoms with Crippen molar-refractivity contribution < 1.29 is 9.18 Å². The summed E-state index contributed by atoms with van der Waals surface area (Å²) < 4.78 is 13.3. The molecule has 0 saturated carbocycles. The van der Waals surface area contributed by atoms with Crippen LogP contribution in [0.4, 0.5) is 10.1 Å². The van der Waals surface area contributed by atoms with Crippen LogP contribution in [0, 0.1) is 16.6 Å². The van der Waals surface area contributed by atoms with Gasteiger partial charge in [-0.25, -0.2) is 4.39 Å². The summed E-state index contributed by atoms with van der Waals surface area (Å²) >= 11 is 5.80. The van der Waals surface area contributed by atoms with Crippen molar-refractivity contribution in [2.45, 2.75) is 27.2 Å². The average Bonchev–Trinajstić information content (AvgIpc) is 2.36. The number of rotatable bonds is 5. The second-order valence-electron chi connectivity index (χ2n) is 8.87. The van der Waals surface area contributed by atoms with Crippen LogP contribution in [0.1, 0.15) is 27.2 Å². The Labute approximate surface area is 154 Å². The number of carbonyl (C=O) groups is 1. The molecule has 3 rings (SSSR count). The van der Waals surface area contributed by atoms with Crippen molar-refractivity contribution in [1.29, 1.82) is 0 Å². The van der Waals surface area contributed by atoms with E-state index in [1.165, 1.54) is 18.6 Å². The highest BCUT2D eigenvalue weighted by Crippen LogP contribution is 2.40. The van der Waals surface area contributed by atoms with Crippen LogP contribution in [0.5, 0.6) is 0 Å². The third-order valence-electron chi connectivity index (χ3n) is 4.93. The number of anilines is 1. The third kappa shape index (κ3) is 4.93. The lowest BCUT2D eigenvalue weighted by molar-refractivity contribution is -0.133. The molecule has 2 fully saturated rings. The number of nitrogens with one attached hydrogen (secondary N) is 1. The van der Waals surface area contributed by atoms with Gasteiger partial charge < -0.3 is 10.2 Å². The van der Waals surface area contributed by atoms with Crippen molar-refractivity contribution in [1.82, 2.24) is 9.80 Å². The van der Waals surface area contributed by atoms with Crippen LogP contribution in [0.25, 0.3) is 0 Å². The predicted molar refractivity (Wildman–Crippen MR) is 99.4 cm³/mol. The number of hydrogen-bond donors (Lipinski definition) is 1. The fourth-order valence-corrected chi connectivity index (χ4v) is 4.02. The van der Waals surface area contributed by atoms with E-state index in [9.17, 15) is 9.18 Å². The van der Waals surface area contributed by atoms with Crippen molar-refractivity contribution in [3.8, 4) is 0 Å². The lowest BCUT2D eigenvalue weighted by atomic mass is 9.72. The van der Waals surface area contributed by atoms with E-state index in [-0.39, 0.29) is 10.9 Å². The van der Waals surface area contributed by atoms with Gasteiger partial charge in [-0.05, 0) is 36.6 Å². The Morgan fingerprint density at radius 3 is 2.44 bits per heavy atom. The van der Waals surface area contributed by atoms with Gasteiger partial charge in [0, 0.05) is 42.3 Å². The van der Waals surface area contributed by atoms with E-state index >= 15 is 0 Å². The first-order chi connectivity index (χ1) is 11.6. The van der Waals surface area contributed by atoms with Crippen LogP contribution in [-0.4, -0.2) is 55.0 Å². The van der Waals surface area contributed by atoms with Crippen LogP contribution < -0.4 is 5.32 Å². The maximum Gasteiger partial charge on any atom is 0.238 e. The highest BCUT2D eigenvalue weighted by molar-refractivity contribution is 6.30. The zero-order valence-electron chi connectivity index (χ0n) is 15.2. The molecule has 138 valence electrons. The van der Waals surface area contributed by atoms with Crippen molar-refractivity contribution in [3.63, 3.8) is 0 Å². The Bertz CT molecular complexity index is 624. The molecule has 4 nitrogen and oxygen atoms in total. The predicted octanol–water partition coefficient (Wildman–Crippen LogP) is 3.47. The van der Waals surface area contributed by atoms with E-state index in [1.807, 2.05) is 0 Å². The fraction of sp³-hybridized carbons (Fsp3) is 0.632. The number of halogens is 2. The van der Waals surface area contributed by atoms with Crippen LogP contribution >= 0.6 is 11.6 Å². The summed E-state index contributed by atoms with van der Waals surface area (Å²) in [5.41, 5.74) is 1.18. The quantitative estimate of drug-likeness (QED) is 0.865. The smallest absolute Gasteiger partial charge is 0.238 e. The monoisotopic (exact) mass is 367 g/mol.